The predicted octanol–water partition coefficient (Wildman–Crippen LogP) is 5.46. The van der Waals surface area contributed by atoms with Crippen LogP contribution >= 0.6 is 0 Å². The van der Waals surface area contributed by atoms with Gasteiger partial charge in [-0.25, -0.2) is 9.98 Å². The molecule has 5 heteroatoms. The van der Waals surface area contributed by atoms with Gasteiger partial charge in [-0.2, -0.15) is 0 Å². The van der Waals surface area contributed by atoms with Crippen LogP contribution in [0.25, 0.3) is 10.9 Å². The highest BCUT2D eigenvalue weighted by atomic mass is 16.5. The number of aromatic nitrogens is 1. The average molecular weight is 388 g/mol. The van der Waals surface area contributed by atoms with Crippen LogP contribution in [0.4, 0.5) is 0 Å². The SMILES string of the molecule is CC1(C)CCC[C@@H]2OC(c3cccc(Oc4ccc5cccc(O)c5n4)c3)=N[C@H]21. The van der Waals surface area contributed by atoms with Gasteiger partial charge in [-0.15, -0.1) is 0 Å². The van der Waals surface area contributed by atoms with Gasteiger partial charge in [0.15, 0.2) is 0 Å². The molecule has 0 spiro atoms. The van der Waals surface area contributed by atoms with Crippen LogP contribution in [0.15, 0.2) is 59.6 Å². The Bertz CT molecular complexity index is 1110. The Morgan fingerprint density at radius 3 is 2.83 bits per heavy atom. The Kier molecular flexibility index (Phi) is 4.19. The van der Waals surface area contributed by atoms with E-state index in [1.807, 2.05) is 36.4 Å². The van der Waals surface area contributed by atoms with Crippen molar-refractivity contribution in [3.05, 3.63) is 60.2 Å². The van der Waals surface area contributed by atoms with E-state index in [2.05, 4.69) is 18.8 Å². The van der Waals surface area contributed by atoms with Gasteiger partial charge in [0, 0.05) is 17.0 Å². The summed E-state index contributed by atoms with van der Waals surface area (Å²) in [6.45, 7) is 4.56. The Balaban J connectivity index is 1.41. The summed E-state index contributed by atoms with van der Waals surface area (Å²) in [4.78, 5) is 9.37. The zero-order valence-corrected chi connectivity index (χ0v) is 16.6. The lowest BCUT2D eigenvalue weighted by atomic mass is 9.72. The smallest absolute Gasteiger partial charge is 0.219 e. The third-order valence-electron chi connectivity index (χ3n) is 5.96. The van der Waals surface area contributed by atoms with Crippen LogP contribution in [-0.4, -0.2) is 28.1 Å². The fourth-order valence-electron chi connectivity index (χ4n) is 4.38. The summed E-state index contributed by atoms with van der Waals surface area (Å²) in [5, 5.41) is 10.9. The summed E-state index contributed by atoms with van der Waals surface area (Å²) in [5.41, 5.74) is 1.60. The minimum Gasteiger partial charge on any atom is -0.506 e. The standard InChI is InChI=1S/C24H24N2O3/c1-24(2)13-5-10-19-22(24)26-23(29-19)16-7-3-8-17(14-16)28-20-12-11-15-6-4-9-18(27)21(15)25-20/h3-4,6-9,11-12,14,19,22,27H,5,10,13H2,1-2H3/t19-,22+/m0/s1. The van der Waals surface area contributed by atoms with Crippen molar-refractivity contribution in [1.29, 1.82) is 0 Å². The molecule has 1 aliphatic carbocycles. The van der Waals surface area contributed by atoms with Crippen molar-refractivity contribution in [2.24, 2.45) is 10.4 Å². The van der Waals surface area contributed by atoms with E-state index < -0.39 is 0 Å². The van der Waals surface area contributed by atoms with Crippen LogP contribution < -0.4 is 4.74 Å². The monoisotopic (exact) mass is 388 g/mol. The summed E-state index contributed by atoms with van der Waals surface area (Å²) in [6, 6.07) is 17.0. The molecule has 3 aromatic rings. The van der Waals surface area contributed by atoms with Gasteiger partial charge in [-0.3, -0.25) is 0 Å². The number of aliphatic imine (C=N–C) groups is 1. The largest absolute Gasteiger partial charge is 0.506 e. The number of hydrogen-bond donors (Lipinski definition) is 1. The summed E-state index contributed by atoms with van der Waals surface area (Å²) < 4.78 is 12.2. The highest BCUT2D eigenvalue weighted by Gasteiger charge is 2.44. The van der Waals surface area contributed by atoms with Gasteiger partial charge >= 0.3 is 0 Å². The van der Waals surface area contributed by atoms with Gasteiger partial charge in [0.2, 0.25) is 11.8 Å². The zero-order chi connectivity index (χ0) is 20.0. The van der Waals surface area contributed by atoms with Gasteiger partial charge in [0.25, 0.3) is 0 Å². The Hall–Kier alpha value is -3.08. The van der Waals surface area contributed by atoms with Gasteiger partial charge in [0.05, 0.1) is 6.04 Å². The number of hydrogen-bond acceptors (Lipinski definition) is 5. The Morgan fingerprint density at radius 2 is 1.97 bits per heavy atom. The molecule has 1 fully saturated rings. The quantitative estimate of drug-likeness (QED) is 0.647. The second-order valence-corrected chi connectivity index (χ2v) is 8.54. The number of rotatable bonds is 3. The van der Waals surface area contributed by atoms with E-state index in [0.717, 1.165) is 17.4 Å². The third kappa shape index (κ3) is 3.31. The highest BCUT2D eigenvalue weighted by Crippen LogP contribution is 2.42. The normalized spacial score (nSPS) is 22.6. The van der Waals surface area contributed by atoms with Crippen molar-refractivity contribution >= 4 is 16.8 Å². The number of fused-ring (bicyclic) bond motifs is 2. The fourth-order valence-corrected chi connectivity index (χ4v) is 4.38. The molecule has 2 heterocycles. The first-order valence-corrected chi connectivity index (χ1v) is 10.1. The molecule has 29 heavy (non-hydrogen) atoms. The van der Waals surface area contributed by atoms with Crippen molar-refractivity contribution in [2.75, 3.05) is 0 Å². The number of para-hydroxylation sites is 1. The number of ether oxygens (including phenoxy) is 2. The maximum absolute atomic E-state index is 10.0. The van der Waals surface area contributed by atoms with Gasteiger partial charge in [-0.1, -0.05) is 32.0 Å². The van der Waals surface area contributed by atoms with Crippen molar-refractivity contribution in [3.63, 3.8) is 0 Å². The van der Waals surface area contributed by atoms with Crippen LogP contribution in [0.3, 0.4) is 0 Å². The first kappa shape index (κ1) is 18.0. The molecule has 2 aliphatic rings. The molecular weight excluding hydrogens is 364 g/mol. The van der Waals surface area contributed by atoms with Gasteiger partial charge < -0.3 is 14.6 Å². The minimum atomic E-state index is 0.139. The minimum absolute atomic E-state index is 0.139. The van der Waals surface area contributed by atoms with Gasteiger partial charge in [-0.05, 0) is 55.0 Å². The zero-order valence-electron chi connectivity index (χ0n) is 16.6. The van der Waals surface area contributed by atoms with E-state index in [4.69, 9.17) is 14.5 Å². The molecule has 1 saturated carbocycles. The fraction of sp³-hybridized carbons (Fsp3) is 0.333. The molecule has 1 aliphatic heterocycles. The molecule has 2 atom stereocenters. The second kappa shape index (κ2) is 6.76. The van der Waals surface area contributed by atoms with Crippen molar-refractivity contribution in [3.8, 4) is 17.4 Å². The molecule has 0 amide bonds. The lowest BCUT2D eigenvalue weighted by molar-refractivity contribution is 0.0768. The summed E-state index contributed by atoms with van der Waals surface area (Å²) in [7, 11) is 0. The van der Waals surface area contributed by atoms with Crippen molar-refractivity contribution < 1.29 is 14.6 Å². The van der Waals surface area contributed by atoms with Crippen LogP contribution in [0.1, 0.15) is 38.7 Å². The van der Waals surface area contributed by atoms with Crippen LogP contribution in [0.5, 0.6) is 17.4 Å². The molecule has 0 bridgehead atoms. The Labute approximate surface area is 170 Å². The third-order valence-corrected chi connectivity index (χ3v) is 5.96. The van der Waals surface area contributed by atoms with Gasteiger partial charge in [0.1, 0.15) is 23.1 Å². The molecular formula is C24H24N2O3. The molecule has 0 saturated heterocycles. The topological polar surface area (TPSA) is 63.9 Å². The van der Waals surface area contributed by atoms with E-state index in [-0.39, 0.29) is 23.3 Å². The molecule has 1 aromatic heterocycles. The van der Waals surface area contributed by atoms with Crippen LogP contribution in [-0.2, 0) is 4.74 Å². The number of phenols is 1. The lowest BCUT2D eigenvalue weighted by Crippen LogP contribution is -2.40. The number of pyridine rings is 1. The maximum Gasteiger partial charge on any atom is 0.219 e. The molecule has 5 nitrogen and oxygen atoms in total. The molecule has 0 radical (unpaired) electrons. The average Bonchev–Trinajstić information content (AvgIpc) is 3.15. The first-order valence-electron chi connectivity index (χ1n) is 10.1. The summed E-state index contributed by atoms with van der Waals surface area (Å²) in [6.07, 6.45) is 3.59. The van der Waals surface area contributed by atoms with E-state index in [9.17, 15) is 5.11 Å². The van der Waals surface area contributed by atoms with Crippen molar-refractivity contribution in [2.45, 2.75) is 45.3 Å². The number of phenolic OH excluding ortho intramolecular Hbond substituents is 1. The number of benzene rings is 2. The molecule has 5 rings (SSSR count). The van der Waals surface area contributed by atoms with Crippen molar-refractivity contribution in [1.82, 2.24) is 4.98 Å². The Morgan fingerprint density at radius 1 is 1.10 bits per heavy atom. The highest BCUT2D eigenvalue weighted by molar-refractivity contribution is 5.96. The van der Waals surface area contributed by atoms with E-state index in [1.54, 1.807) is 18.2 Å². The van der Waals surface area contributed by atoms with E-state index in [1.165, 1.54) is 12.8 Å². The van der Waals surface area contributed by atoms with Crippen LogP contribution in [0, 0.1) is 5.41 Å². The van der Waals surface area contributed by atoms with E-state index in [0.29, 0.717) is 23.0 Å². The number of nitrogens with zero attached hydrogens (tertiary/aromatic N) is 2. The molecule has 0 unspecified atom stereocenters. The predicted molar refractivity (Wildman–Crippen MR) is 113 cm³/mol. The summed E-state index contributed by atoms with van der Waals surface area (Å²) in [5.74, 6) is 1.93. The van der Waals surface area contributed by atoms with Crippen LogP contribution in [0.2, 0.25) is 0 Å². The molecule has 2 aromatic carbocycles. The number of aromatic hydroxyl groups is 1. The molecule has 148 valence electrons. The maximum atomic E-state index is 10.0. The van der Waals surface area contributed by atoms with E-state index >= 15 is 0 Å². The summed E-state index contributed by atoms with van der Waals surface area (Å²) >= 11 is 0. The molecule has 1 N–H and O–H groups in total. The first-order chi connectivity index (χ1) is 14.0. The lowest BCUT2D eigenvalue weighted by Gasteiger charge is -2.37. The second-order valence-electron chi connectivity index (χ2n) is 8.54.